The third kappa shape index (κ3) is 4.96. The van der Waals surface area contributed by atoms with Crippen molar-refractivity contribution in [2.24, 2.45) is 0 Å². The lowest BCUT2D eigenvalue weighted by Crippen LogP contribution is -2.62. The molecule has 2 heterocycles. The van der Waals surface area contributed by atoms with Gasteiger partial charge in [-0.05, 0) is 66.9 Å². The van der Waals surface area contributed by atoms with E-state index in [1.807, 2.05) is 37.4 Å². The van der Waals surface area contributed by atoms with Gasteiger partial charge >= 0.3 is 0 Å². The number of halogens is 1. The number of fused-ring (bicyclic) bond motifs is 1. The molecule has 0 bridgehead atoms. The van der Waals surface area contributed by atoms with Crippen LogP contribution in [0, 0.1) is 5.82 Å². The standard InChI is InChI=1S/C30H32FN3O3/c1-20(2)34-15-13-30(14-16-34)33(3)29(36)26-18-24(11-12-27(26)37-30)22-7-9-23(10-8-22)28(35)32-19-21-5-4-6-25(31)17-21/h4-12,17-18,20H,13-16,19H2,1-3H3,(H,32,35). The van der Waals surface area contributed by atoms with Gasteiger partial charge in [0.25, 0.3) is 11.8 Å². The van der Waals surface area contributed by atoms with E-state index in [1.54, 1.807) is 29.2 Å². The van der Waals surface area contributed by atoms with Crippen LogP contribution in [0.25, 0.3) is 11.1 Å². The molecule has 0 aromatic heterocycles. The lowest BCUT2D eigenvalue weighted by atomic mass is 9.93. The van der Waals surface area contributed by atoms with Crippen LogP contribution < -0.4 is 10.1 Å². The van der Waals surface area contributed by atoms with Crippen LogP contribution in [-0.2, 0) is 6.54 Å². The molecule has 1 N–H and O–H groups in total. The van der Waals surface area contributed by atoms with Gasteiger partial charge in [-0.1, -0.05) is 30.3 Å². The summed E-state index contributed by atoms with van der Waals surface area (Å²) in [5.41, 5.74) is 2.92. The first-order chi connectivity index (χ1) is 17.8. The van der Waals surface area contributed by atoms with Crippen molar-refractivity contribution in [2.45, 2.75) is 45.0 Å². The summed E-state index contributed by atoms with van der Waals surface area (Å²) in [4.78, 5) is 30.1. The molecule has 3 aromatic carbocycles. The molecule has 2 aliphatic rings. The molecule has 37 heavy (non-hydrogen) atoms. The van der Waals surface area contributed by atoms with Gasteiger partial charge in [-0.15, -0.1) is 0 Å². The molecule has 0 unspecified atom stereocenters. The Morgan fingerprint density at radius 3 is 2.41 bits per heavy atom. The summed E-state index contributed by atoms with van der Waals surface area (Å²) in [5, 5.41) is 2.81. The maximum absolute atomic E-state index is 13.4. The number of benzene rings is 3. The van der Waals surface area contributed by atoms with Crippen LogP contribution in [0.1, 0.15) is 53.0 Å². The van der Waals surface area contributed by atoms with Crippen molar-refractivity contribution in [3.05, 3.63) is 89.2 Å². The van der Waals surface area contributed by atoms with E-state index >= 15 is 0 Å². The van der Waals surface area contributed by atoms with Gasteiger partial charge in [0, 0.05) is 51.1 Å². The van der Waals surface area contributed by atoms with Gasteiger partial charge in [0.1, 0.15) is 11.6 Å². The van der Waals surface area contributed by atoms with Gasteiger partial charge in [-0.25, -0.2) is 4.39 Å². The number of likely N-dealkylation sites (tertiary alicyclic amines) is 1. The molecule has 0 radical (unpaired) electrons. The Hall–Kier alpha value is -3.71. The summed E-state index contributed by atoms with van der Waals surface area (Å²) >= 11 is 0. The molecule has 0 aliphatic carbocycles. The smallest absolute Gasteiger partial charge is 0.260 e. The molecule has 5 rings (SSSR count). The van der Waals surface area contributed by atoms with Crippen molar-refractivity contribution in [3.63, 3.8) is 0 Å². The van der Waals surface area contributed by atoms with Crippen molar-refractivity contribution in [3.8, 4) is 16.9 Å². The average Bonchev–Trinajstić information content (AvgIpc) is 2.91. The Labute approximate surface area is 217 Å². The van der Waals surface area contributed by atoms with Crippen LogP contribution in [0.15, 0.2) is 66.7 Å². The predicted molar refractivity (Wildman–Crippen MR) is 141 cm³/mol. The van der Waals surface area contributed by atoms with Crippen LogP contribution in [0.4, 0.5) is 4.39 Å². The van der Waals surface area contributed by atoms with Crippen molar-refractivity contribution in [1.82, 2.24) is 15.1 Å². The molecule has 7 heteroatoms. The van der Waals surface area contributed by atoms with Gasteiger partial charge in [-0.2, -0.15) is 0 Å². The molecule has 3 aromatic rings. The minimum absolute atomic E-state index is 0.0329. The summed E-state index contributed by atoms with van der Waals surface area (Å²) in [6.45, 7) is 6.42. The highest BCUT2D eigenvalue weighted by Gasteiger charge is 2.47. The number of piperidine rings is 1. The lowest BCUT2D eigenvalue weighted by Gasteiger charge is -2.50. The van der Waals surface area contributed by atoms with Crippen LogP contribution in [0.5, 0.6) is 5.75 Å². The van der Waals surface area contributed by atoms with Crippen molar-refractivity contribution in [2.75, 3.05) is 20.1 Å². The van der Waals surface area contributed by atoms with E-state index < -0.39 is 5.72 Å². The van der Waals surface area contributed by atoms with E-state index in [4.69, 9.17) is 4.74 Å². The van der Waals surface area contributed by atoms with Crippen LogP contribution in [0.3, 0.4) is 0 Å². The Morgan fingerprint density at radius 2 is 1.73 bits per heavy atom. The van der Waals surface area contributed by atoms with Gasteiger partial charge in [0.15, 0.2) is 5.72 Å². The van der Waals surface area contributed by atoms with Crippen molar-refractivity contribution >= 4 is 11.8 Å². The molecule has 1 saturated heterocycles. The fourth-order valence-corrected chi connectivity index (χ4v) is 5.18. The first kappa shape index (κ1) is 25.0. The second-order valence-corrected chi connectivity index (χ2v) is 10.1. The number of carbonyl (C=O) groups excluding carboxylic acids is 2. The number of rotatable bonds is 5. The third-order valence-electron chi connectivity index (χ3n) is 7.56. The predicted octanol–water partition coefficient (Wildman–Crippen LogP) is 5.09. The Kier molecular flexibility index (Phi) is 6.73. The first-order valence-electron chi connectivity index (χ1n) is 12.7. The molecular formula is C30H32FN3O3. The highest BCUT2D eigenvalue weighted by Crippen LogP contribution is 2.40. The molecule has 2 aliphatic heterocycles. The third-order valence-corrected chi connectivity index (χ3v) is 7.56. The first-order valence-corrected chi connectivity index (χ1v) is 12.7. The Bertz CT molecular complexity index is 1310. The molecule has 1 spiro atoms. The quantitative estimate of drug-likeness (QED) is 0.529. The zero-order chi connectivity index (χ0) is 26.2. The molecule has 1 fully saturated rings. The fourth-order valence-electron chi connectivity index (χ4n) is 5.18. The molecule has 2 amide bonds. The topological polar surface area (TPSA) is 61.9 Å². The van der Waals surface area contributed by atoms with Gasteiger partial charge in [0.2, 0.25) is 0 Å². The zero-order valence-corrected chi connectivity index (χ0v) is 21.5. The minimum Gasteiger partial charge on any atom is -0.467 e. The largest absolute Gasteiger partial charge is 0.467 e. The van der Waals surface area contributed by atoms with E-state index in [0.717, 1.165) is 37.1 Å². The zero-order valence-electron chi connectivity index (χ0n) is 21.5. The number of carbonyl (C=O) groups is 2. The number of nitrogens with one attached hydrogen (secondary N) is 1. The Morgan fingerprint density at radius 1 is 1.03 bits per heavy atom. The summed E-state index contributed by atoms with van der Waals surface area (Å²) < 4.78 is 19.8. The van der Waals surface area contributed by atoms with Gasteiger partial charge < -0.3 is 19.9 Å². The summed E-state index contributed by atoms with van der Waals surface area (Å²) in [6, 6.07) is 19.5. The van der Waals surface area contributed by atoms with E-state index in [9.17, 15) is 14.0 Å². The second-order valence-electron chi connectivity index (χ2n) is 10.1. The van der Waals surface area contributed by atoms with E-state index in [2.05, 4.69) is 24.1 Å². The molecule has 192 valence electrons. The van der Waals surface area contributed by atoms with E-state index in [-0.39, 0.29) is 24.2 Å². The molecule has 0 saturated carbocycles. The Balaban J connectivity index is 1.29. The maximum atomic E-state index is 13.4. The summed E-state index contributed by atoms with van der Waals surface area (Å²) in [7, 11) is 1.83. The maximum Gasteiger partial charge on any atom is 0.260 e. The number of nitrogens with zero attached hydrogens (tertiary/aromatic N) is 2. The highest BCUT2D eigenvalue weighted by molar-refractivity contribution is 5.99. The average molecular weight is 502 g/mol. The van der Waals surface area contributed by atoms with Crippen molar-refractivity contribution in [1.29, 1.82) is 0 Å². The highest BCUT2D eigenvalue weighted by atomic mass is 19.1. The van der Waals surface area contributed by atoms with Crippen molar-refractivity contribution < 1.29 is 18.7 Å². The molecule has 6 nitrogen and oxygen atoms in total. The van der Waals surface area contributed by atoms with Crippen LogP contribution in [-0.4, -0.2) is 53.5 Å². The lowest BCUT2D eigenvalue weighted by molar-refractivity contribution is -0.104. The van der Waals surface area contributed by atoms with Gasteiger partial charge in [0.05, 0.1) is 5.56 Å². The number of hydrogen-bond donors (Lipinski definition) is 1. The normalized spacial score (nSPS) is 17.0. The van der Waals surface area contributed by atoms with Gasteiger partial charge in [-0.3, -0.25) is 9.59 Å². The number of ether oxygens (including phenoxy) is 1. The van der Waals surface area contributed by atoms with E-state index in [1.165, 1.54) is 12.1 Å². The van der Waals surface area contributed by atoms with Crippen LogP contribution >= 0.6 is 0 Å². The molecule has 0 atom stereocenters. The summed E-state index contributed by atoms with van der Waals surface area (Å²) in [5.74, 6) is 0.0239. The summed E-state index contributed by atoms with van der Waals surface area (Å²) in [6.07, 6.45) is 1.55. The minimum atomic E-state index is -0.600. The SMILES string of the molecule is CC(C)N1CCC2(CC1)Oc1ccc(-c3ccc(C(=O)NCc4cccc(F)c4)cc3)cc1C(=O)N2C. The van der Waals surface area contributed by atoms with E-state index in [0.29, 0.717) is 28.5 Å². The number of hydrogen-bond acceptors (Lipinski definition) is 4. The monoisotopic (exact) mass is 501 g/mol. The number of amides is 2. The van der Waals surface area contributed by atoms with Crippen LogP contribution in [0.2, 0.25) is 0 Å². The molecular weight excluding hydrogens is 469 g/mol. The fraction of sp³-hybridized carbons (Fsp3) is 0.333. The second kappa shape index (κ2) is 9.98.